The second-order valence-electron chi connectivity index (χ2n) is 6.13. The Bertz CT molecular complexity index is 1060. The number of amides is 1. The number of nitrogens with one attached hydrogen (secondary N) is 1. The number of aromatic nitrogens is 2. The molecule has 6 nitrogen and oxygen atoms in total. The third-order valence-corrected chi connectivity index (χ3v) is 4.88. The molecule has 1 aromatic heterocycles. The van der Waals surface area contributed by atoms with E-state index in [4.69, 9.17) is 23.2 Å². The first-order valence-corrected chi connectivity index (χ1v) is 9.21. The topological polar surface area (TPSA) is 84.2 Å². The van der Waals surface area contributed by atoms with Crippen molar-refractivity contribution >= 4 is 29.1 Å². The zero-order valence-corrected chi connectivity index (χ0v) is 16.5. The van der Waals surface area contributed by atoms with E-state index in [0.29, 0.717) is 28.6 Å². The van der Waals surface area contributed by atoms with Gasteiger partial charge in [0.25, 0.3) is 11.5 Å². The maximum atomic E-state index is 12.3. The number of hydrogen-bond acceptors (Lipinski definition) is 4. The first kappa shape index (κ1) is 19.9. The SMILES string of the molecule is Cn1ncc(O)c(-c2ccc(CCNC(=O)c3c(Cl)cccc3Cl)cc2)c1=O. The predicted molar refractivity (Wildman–Crippen MR) is 109 cm³/mol. The highest BCUT2D eigenvalue weighted by Crippen LogP contribution is 2.25. The van der Waals surface area contributed by atoms with Crippen LogP contribution in [0, 0.1) is 0 Å². The van der Waals surface area contributed by atoms with Crippen molar-refractivity contribution in [1.82, 2.24) is 15.1 Å². The number of aryl methyl sites for hydroxylation is 1. The third kappa shape index (κ3) is 4.18. The van der Waals surface area contributed by atoms with Gasteiger partial charge in [-0.2, -0.15) is 5.10 Å². The lowest BCUT2D eigenvalue weighted by molar-refractivity contribution is 0.0954. The quantitative estimate of drug-likeness (QED) is 0.665. The average molecular weight is 418 g/mol. The lowest BCUT2D eigenvalue weighted by Gasteiger charge is -2.09. The van der Waals surface area contributed by atoms with Gasteiger partial charge in [0.15, 0.2) is 0 Å². The van der Waals surface area contributed by atoms with Crippen LogP contribution in [0.3, 0.4) is 0 Å². The molecule has 0 atom stereocenters. The van der Waals surface area contributed by atoms with Crippen LogP contribution in [0.2, 0.25) is 10.0 Å². The van der Waals surface area contributed by atoms with Crippen molar-refractivity contribution in [3.63, 3.8) is 0 Å². The van der Waals surface area contributed by atoms with Crippen LogP contribution < -0.4 is 10.9 Å². The second-order valence-corrected chi connectivity index (χ2v) is 6.95. The molecule has 3 aromatic rings. The van der Waals surface area contributed by atoms with Crippen molar-refractivity contribution in [3.05, 3.63) is 80.2 Å². The summed E-state index contributed by atoms with van der Waals surface area (Å²) in [6.07, 6.45) is 1.81. The van der Waals surface area contributed by atoms with Crippen LogP contribution in [0.4, 0.5) is 0 Å². The maximum absolute atomic E-state index is 12.3. The lowest BCUT2D eigenvalue weighted by atomic mass is 10.0. The number of benzene rings is 2. The molecule has 0 fully saturated rings. The fourth-order valence-electron chi connectivity index (χ4n) is 2.76. The van der Waals surface area contributed by atoms with Gasteiger partial charge >= 0.3 is 0 Å². The molecule has 28 heavy (non-hydrogen) atoms. The van der Waals surface area contributed by atoms with E-state index in [9.17, 15) is 14.7 Å². The summed E-state index contributed by atoms with van der Waals surface area (Å²) in [6.45, 7) is 0.391. The molecule has 0 saturated heterocycles. The number of carbonyl (C=O) groups excluding carboxylic acids is 1. The van der Waals surface area contributed by atoms with Gasteiger partial charge in [-0.25, -0.2) is 4.68 Å². The Morgan fingerprint density at radius 2 is 1.79 bits per heavy atom. The molecular formula is C20H17Cl2N3O3. The van der Waals surface area contributed by atoms with Crippen molar-refractivity contribution in [2.24, 2.45) is 7.05 Å². The molecule has 0 aliphatic carbocycles. The van der Waals surface area contributed by atoms with E-state index in [0.717, 1.165) is 5.56 Å². The maximum Gasteiger partial charge on any atom is 0.278 e. The van der Waals surface area contributed by atoms with Gasteiger partial charge in [0, 0.05) is 13.6 Å². The Balaban J connectivity index is 1.67. The summed E-state index contributed by atoms with van der Waals surface area (Å²) in [4.78, 5) is 24.5. The van der Waals surface area contributed by atoms with E-state index < -0.39 is 0 Å². The van der Waals surface area contributed by atoms with E-state index >= 15 is 0 Å². The highest BCUT2D eigenvalue weighted by Gasteiger charge is 2.14. The van der Waals surface area contributed by atoms with Crippen molar-refractivity contribution in [2.75, 3.05) is 6.54 Å². The molecule has 0 aliphatic heterocycles. The van der Waals surface area contributed by atoms with E-state index in [1.807, 2.05) is 12.1 Å². The van der Waals surface area contributed by atoms with Gasteiger partial charge in [0.1, 0.15) is 5.75 Å². The van der Waals surface area contributed by atoms with Crippen molar-refractivity contribution in [2.45, 2.75) is 6.42 Å². The molecule has 0 aliphatic rings. The number of aromatic hydroxyl groups is 1. The third-order valence-electron chi connectivity index (χ3n) is 4.25. The molecule has 2 N–H and O–H groups in total. The Kier molecular flexibility index (Phi) is 6.02. The zero-order valence-electron chi connectivity index (χ0n) is 14.9. The predicted octanol–water partition coefficient (Wildman–Crippen LogP) is 3.43. The van der Waals surface area contributed by atoms with Crippen LogP contribution in [-0.4, -0.2) is 27.3 Å². The molecule has 0 spiro atoms. The minimum Gasteiger partial charge on any atom is -0.505 e. The van der Waals surface area contributed by atoms with E-state index in [1.54, 1.807) is 30.3 Å². The molecule has 8 heteroatoms. The van der Waals surface area contributed by atoms with Gasteiger partial charge in [0.05, 0.1) is 27.4 Å². The van der Waals surface area contributed by atoms with Gasteiger partial charge in [-0.15, -0.1) is 0 Å². The Morgan fingerprint density at radius 1 is 1.14 bits per heavy atom. The lowest BCUT2D eigenvalue weighted by Crippen LogP contribution is -2.26. The molecular weight excluding hydrogens is 401 g/mol. The summed E-state index contributed by atoms with van der Waals surface area (Å²) in [5.41, 5.74) is 1.63. The van der Waals surface area contributed by atoms with E-state index in [2.05, 4.69) is 10.4 Å². The molecule has 144 valence electrons. The Labute approximate surface area is 171 Å². The van der Waals surface area contributed by atoms with Crippen LogP contribution in [-0.2, 0) is 13.5 Å². The van der Waals surface area contributed by atoms with Gasteiger partial charge in [-0.3, -0.25) is 9.59 Å². The van der Waals surface area contributed by atoms with Gasteiger partial charge in [-0.05, 0) is 29.7 Å². The van der Waals surface area contributed by atoms with Gasteiger partial charge in [0.2, 0.25) is 0 Å². The average Bonchev–Trinajstić information content (AvgIpc) is 2.66. The van der Waals surface area contributed by atoms with E-state index in [1.165, 1.54) is 17.9 Å². The molecule has 0 bridgehead atoms. The first-order chi connectivity index (χ1) is 13.4. The number of carbonyl (C=O) groups is 1. The Hall–Kier alpha value is -2.83. The molecule has 0 saturated carbocycles. The number of hydrogen-bond donors (Lipinski definition) is 2. The number of rotatable bonds is 5. The summed E-state index contributed by atoms with van der Waals surface area (Å²) < 4.78 is 1.17. The molecule has 1 amide bonds. The highest BCUT2D eigenvalue weighted by atomic mass is 35.5. The van der Waals surface area contributed by atoms with Gasteiger partial charge < -0.3 is 10.4 Å². The fourth-order valence-corrected chi connectivity index (χ4v) is 3.33. The summed E-state index contributed by atoms with van der Waals surface area (Å²) in [6, 6.07) is 12.1. The van der Waals surface area contributed by atoms with Crippen LogP contribution in [0.1, 0.15) is 15.9 Å². The largest absolute Gasteiger partial charge is 0.505 e. The Morgan fingerprint density at radius 3 is 2.43 bits per heavy atom. The summed E-state index contributed by atoms with van der Waals surface area (Å²) in [5, 5.41) is 17.1. The van der Waals surface area contributed by atoms with Crippen LogP contribution >= 0.6 is 23.2 Å². The van der Waals surface area contributed by atoms with Crippen LogP contribution in [0.15, 0.2) is 53.5 Å². The number of nitrogens with zero attached hydrogens (tertiary/aromatic N) is 2. The highest BCUT2D eigenvalue weighted by molar-refractivity contribution is 6.39. The summed E-state index contributed by atoms with van der Waals surface area (Å²) >= 11 is 12.1. The molecule has 0 unspecified atom stereocenters. The van der Waals surface area contributed by atoms with Crippen molar-refractivity contribution in [1.29, 1.82) is 0 Å². The molecule has 1 heterocycles. The van der Waals surface area contributed by atoms with Crippen LogP contribution in [0.25, 0.3) is 11.1 Å². The second kappa shape index (κ2) is 8.46. The molecule has 3 rings (SSSR count). The smallest absolute Gasteiger partial charge is 0.278 e. The summed E-state index contributed by atoms with van der Waals surface area (Å²) in [5.74, 6) is -0.503. The normalized spacial score (nSPS) is 10.7. The monoisotopic (exact) mass is 417 g/mol. The summed E-state index contributed by atoms with van der Waals surface area (Å²) in [7, 11) is 1.52. The van der Waals surface area contributed by atoms with E-state index in [-0.39, 0.29) is 28.3 Å². The standard InChI is InChI=1S/C20H17Cl2N3O3/c1-25-20(28)17(16(26)11-24-25)13-7-5-12(6-8-13)9-10-23-19(27)18-14(21)3-2-4-15(18)22/h2-8,11,26H,9-10H2,1H3,(H,23,27). The zero-order chi connectivity index (χ0) is 20.3. The van der Waals surface area contributed by atoms with Crippen molar-refractivity contribution in [3.8, 4) is 16.9 Å². The molecule has 2 aromatic carbocycles. The van der Waals surface area contributed by atoms with Gasteiger partial charge in [-0.1, -0.05) is 53.5 Å². The van der Waals surface area contributed by atoms with Crippen molar-refractivity contribution < 1.29 is 9.90 Å². The number of halogens is 2. The van der Waals surface area contributed by atoms with Crippen LogP contribution in [0.5, 0.6) is 5.75 Å². The molecule has 0 radical (unpaired) electrons. The minimum atomic E-state index is -0.378. The minimum absolute atomic E-state index is 0.167. The first-order valence-electron chi connectivity index (χ1n) is 8.45. The fraction of sp³-hybridized carbons (Fsp3) is 0.150.